The molecule has 0 aliphatic carbocycles. The first-order chi connectivity index (χ1) is 13.4. The van der Waals surface area contributed by atoms with Gasteiger partial charge < -0.3 is 4.90 Å². The van der Waals surface area contributed by atoms with Crippen molar-refractivity contribution in [1.29, 1.82) is 0 Å². The Kier molecular flexibility index (Phi) is 3.03. The summed E-state index contributed by atoms with van der Waals surface area (Å²) in [6.45, 7) is 0. The van der Waals surface area contributed by atoms with Crippen LogP contribution in [0.25, 0.3) is 11.1 Å². The van der Waals surface area contributed by atoms with Gasteiger partial charge in [0.25, 0.3) is 0 Å². The lowest BCUT2D eigenvalue weighted by molar-refractivity contribution is 0.961. The molecule has 0 bridgehead atoms. The second kappa shape index (κ2) is 5.55. The van der Waals surface area contributed by atoms with Crippen molar-refractivity contribution in [2.75, 3.05) is 4.90 Å². The van der Waals surface area contributed by atoms with Crippen LogP contribution < -0.4 is 4.90 Å². The maximum absolute atomic E-state index is 4.71. The van der Waals surface area contributed by atoms with E-state index in [0.29, 0.717) is 0 Å². The van der Waals surface area contributed by atoms with Gasteiger partial charge in [-0.05, 0) is 52.1 Å². The molecule has 0 N–H and O–H groups in total. The van der Waals surface area contributed by atoms with Crippen LogP contribution in [0.3, 0.4) is 0 Å². The number of pyridine rings is 1. The second-order valence-electron chi connectivity index (χ2n) is 7.29. The summed E-state index contributed by atoms with van der Waals surface area (Å²) in [6.07, 6.45) is 3.83. The fourth-order valence-corrected chi connectivity index (χ4v) is 4.48. The molecule has 27 heavy (non-hydrogen) atoms. The van der Waals surface area contributed by atoms with Crippen molar-refractivity contribution in [2.24, 2.45) is 0 Å². The van der Waals surface area contributed by atoms with Crippen molar-refractivity contribution in [2.45, 2.75) is 12.8 Å². The number of para-hydroxylation sites is 1. The number of hydrogen-bond donors (Lipinski definition) is 0. The Bertz CT molecular complexity index is 1180. The Morgan fingerprint density at radius 1 is 0.630 bits per heavy atom. The van der Waals surface area contributed by atoms with E-state index < -0.39 is 0 Å². The highest BCUT2D eigenvalue weighted by molar-refractivity contribution is 5.89. The first-order valence-corrected chi connectivity index (χ1v) is 9.41. The van der Waals surface area contributed by atoms with E-state index in [9.17, 15) is 0 Å². The summed E-state index contributed by atoms with van der Waals surface area (Å²) in [5.41, 5.74) is 11.7. The summed E-state index contributed by atoms with van der Waals surface area (Å²) in [7, 11) is 0. The molecule has 0 saturated heterocycles. The molecule has 3 heterocycles. The van der Waals surface area contributed by atoms with Crippen LogP contribution >= 0.6 is 0 Å². The van der Waals surface area contributed by atoms with E-state index in [1.807, 2.05) is 6.20 Å². The first-order valence-electron chi connectivity index (χ1n) is 9.41. The van der Waals surface area contributed by atoms with Crippen LogP contribution in [-0.4, -0.2) is 4.98 Å². The molecule has 0 radical (unpaired) electrons. The van der Waals surface area contributed by atoms with Crippen LogP contribution in [0.4, 0.5) is 17.1 Å². The molecule has 3 aromatic carbocycles. The van der Waals surface area contributed by atoms with Crippen molar-refractivity contribution in [1.82, 2.24) is 4.98 Å². The standard InChI is InChI=1S/C25H18N2/c1-2-6-17(7-3-1)18-10-11-24-21(14-18)15-20-12-13-26-22-16-19-8-4-5-9-23(19)27(24)25(20)22/h1-14H,15-16H2. The van der Waals surface area contributed by atoms with Crippen molar-refractivity contribution >= 4 is 17.1 Å². The molecule has 128 valence electrons. The minimum absolute atomic E-state index is 0.910. The average Bonchev–Trinajstić information content (AvgIpc) is 2.74. The van der Waals surface area contributed by atoms with Crippen LogP contribution in [0, 0.1) is 0 Å². The van der Waals surface area contributed by atoms with Gasteiger partial charge in [0.1, 0.15) is 0 Å². The molecule has 2 aliphatic rings. The zero-order chi connectivity index (χ0) is 17.8. The van der Waals surface area contributed by atoms with Crippen LogP contribution in [0.2, 0.25) is 0 Å². The smallest absolute Gasteiger partial charge is 0.0716 e. The Labute approximate surface area is 158 Å². The minimum Gasteiger partial charge on any atom is -0.308 e. The predicted octanol–water partition coefficient (Wildman–Crippen LogP) is 6.03. The SMILES string of the molecule is c1ccc(-c2ccc3c(c2)Cc2ccnc4c2N3c2ccccc2C4)cc1. The van der Waals surface area contributed by atoms with Crippen LogP contribution in [-0.2, 0) is 12.8 Å². The van der Waals surface area contributed by atoms with Gasteiger partial charge in [-0.2, -0.15) is 0 Å². The van der Waals surface area contributed by atoms with Crippen LogP contribution in [0.15, 0.2) is 85.1 Å². The lowest BCUT2D eigenvalue weighted by Crippen LogP contribution is -2.25. The quantitative estimate of drug-likeness (QED) is 0.361. The topological polar surface area (TPSA) is 16.1 Å². The number of hydrogen-bond acceptors (Lipinski definition) is 2. The monoisotopic (exact) mass is 346 g/mol. The highest BCUT2D eigenvalue weighted by Gasteiger charge is 2.31. The number of anilines is 3. The summed E-state index contributed by atoms with van der Waals surface area (Å²) >= 11 is 0. The summed E-state index contributed by atoms with van der Waals surface area (Å²) in [6, 6.07) is 28.4. The molecule has 2 heteroatoms. The number of nitrogens with zero attached hydrogens (tertiary/aromatic N) is 2. The largest absolute Gasteiger partial charge is 0.308 e. The maximum atomic E-state index is 4.71. The van der Waals surface area contributed by atoms with Gasteiger partial charge >= 0.3 is 0 Å². The van der Waals surface area contributed by atoms with Gasteiger partial charge in [0.05, 0.1) is 11.4 Å². The summed E-state index contributed by atoms with van der Waals surface area (Å²) in [4.78, 5) is 7.13. The van der Waals surface area contributed by atoms with E-state index >= 15 is 0 Å². The molecule has 2 nitrogen and oxygen atoms in total. The Morgan fingerprint density at radius 3 is 2.37 bits per heavy atom. The predicted molar refractivity (Wildman–Crippen MR) is 110 cm³/mol. The van der Waals surface area contributed by atoms with E-state index in [4.69, 9.17) is 4.98 Å². The summed E-state index contributed by atoms with van der Waals surface area (Å²) in [5, 5.41) is 0. The van der Waals surface area contributed by atoms with Gasteiger partial charge in [-0.15, -0.1) is 0 Å². The molecule has 0 atom stereocenters. The van der Waals surface area contributed by atoms with Gasteiger partial charge in [0.2, 0.25) is 0 Å². The van der Waals surface area contributed by atoms with E-state index in [1.54, 1.807) is 0 Å². The zero-order valence-electron chi connectivity index (χ0n) is 14.9. The lowest BCUT2D eigenvalue weighted by atomic mass is 9.88. The third kappa shape index (κ3) is 2.16. The molecule has 0 amide bonds. The molecule has 0 spiro atoms. The van der Waals surface area contributed by atoms with Crippen molar-refractivity contribution < 1.29 is 0 Å². The minimum atomic E-state index is 0.910. The van der Waals surface area contributed by atoms with Gasteiger partial charge in [-0.25, -0.2) is 0 Å². The maximum Gasteiger partial charge on any atom is 0.0716 e. The number of aromatic nitrogens is 1. The molecule has 4 aromatic rings. The first kappa shape index (κ1) is 14.7. The van der Waals surface area contributed by atoms with Gasteiger partial charge in [-0.3, -0.25) is 4.98 Å². The highest BCUT2D eigenvalue weighted by Crippen LogP contribution is 2.49. The van der Waals surface area contributed by atoms with Gasteiger partial charge in [0, 0.05) is 30.4 Å². The van der Waals surface area contributed by atoms with Crippen LogP contribution in [0.1, 0.15) is 22.4 Å². The number of rotatable bonds is 1. The third-order valence-corrected chi connectivity index (χ3v) is 5.71. The van der Waals surface area contributed by atoms with E-state index in [2.05, 4.69) is 83.8 Å². The highest BCUT2D eigenvalue weighted by atomic mass is 15.2. The zero-order valence-corrected chi connectivity index (χ0v) is 14.9. The number of fused-ring (bicyclic) bond motifs is 4. The molecule has 0 saturated carbocycles. The Balaban J connectivity index is 1.58. The number of benzene rings is 3. The van der Waals surface area contributed by atoms with E-state index in [-0.39, 0.29) is 0 Å². The Morgan fingerprint density at radius 2 is 1.44 bits per heavy atom. The van der Waals surface area contributed by atoms with E-state index in [0.717, 1.165) is 12.8 Å². The molecule has 6 rings (SSSR count). The molecule has 0 fully saturated rings. The third-order valence-electron chi connectivity index (χ3n) is 5.71. The lowest BCUT2D eigenvalue weighted by Gasteiger charge is -2.38. The van der Waals surface area contributed by atoms with Gasteiger partial charge in [-0.1, -0.05) is 54.6 Å². The van der Waals surface area contributed by atoms with Crippen molar-refractivity contribution in [3.05, 3.63) is 107 Å². The average molecular weight is 346 g/mol. The normalized spacial score (nSPS) is 13.6. The molecule has 0 unspecified atom stereocenters. The van der Waals surface area contributed by atoms with Crippen molar-refractivity contribution in [3.63, 3.8) is 0 Å². The summed E-state index contributed by atoms with van der Waals surface area (Å²) in [5.74, 6) is 0. The molecule has 1 aromatic heterocycles. The van der Waals surface area contributed by atoms with Gasteiger partial charge in [0.15, 0.2) is 0 Å². The van der Waals surface area contributed by atoms with E-state index in [1.165, 1.54) is 50.6 Å². The molecule has 2 aliphatic heterocycles. The molecular formula is C25H18N2. The Hall–Kier alpha value is -3.39. The fraction of sp³-hybridized carbons (Fsp3) is 0.0800. The van der Waals surface area contributed by atoms with Crippen LogP contribution in [0.5, 0.6) is 0 Å². The van der Waals surface area contributed by atoms with Crippen molar-refractivity contribution in [3.8, 4) is 11.1 Å². The molecular weight excluding hydrogens is 328 g/mol. The second-order valence-corrected chi connectivity index (χ2v) is 7.29. The fourth-order valence-electron chi connectivity index (χ4n) is 4.48. The summed E-state index contributed by atoms with van der Waals surface area (Å²) < 4.78 is 0.